The van der Waals surface area contributed by atoms with Gasteiger partial charge in [0, 0.05) is 42.8 Å². The number of carbonyl (C=O) groups excluding carboxylic acids is 1. The van der Waals surface area contributed by atoms with Gasteiger partial charge in [0.1, 0.15) is 0 Å². The second kappa shape index (κ2) is 12.1. The molecule has 0 spiro atoms. The van der Waals surface area contributed by atoms with E-state index in [0.717, 1.165) is 29.0 Å². The molecule has 0 aromatic heterocycles. The van der Waals surface area contributed by atoms with Crippen LogP contribution in [0.1, 0.15) is 50.8 Å². The minimum absolute atomic E-state index is 0.0960. The fourth-order valence-corrected chi connectivity index (χ4v) is 3.23. The normalized spacial score (nSPS) is 14.2. The van der Waals surface area contributed by atoms with Crippen molar-refractivity contribution in [2.45, 2.75) is 46.8 Å². The maximum absolute atomic E-state index is 12.8. The number of allylic oxidation sites excluding steroid dienone is 1. The lowest BCUT2D eigenvalue weighted by Gasteiger charge is -2.18. The number of aliphatic imine (C=N–C) groups is 1. The molecule has 2 amide bonds. The maximum atomic E-state index is 12.8. The van der Waals surface area contributed by atoms with Crippen LogP contribution in [0.5, 0.6) is 0 Å². The zero-order chi connectivity index (χ0) is 24.4. The highest BCUT2D eigenvalue weighted by atomic mass is 19.4. The van der Waals surface area contributed by atoms with Gasteiger partial charge < -0.3 is 15.5 Å². The van der Waals surface area contributed by atoms with Crippen LogP contribution in [0.2, 0.25) is 0 Å². The first-order valence-corrected chi connectivity index (χ1v) is 11.0. The molecule has 0 aliphatic carbocycles. The van der Waals surface area contributed by atoms with Gasteiger partial charge in [0.2, 0.25) is 0 Å². The first-order valence-electron chi connectivity index (χ1n) is 11.0. The Morgan fingerprint density at radius 1 is 1.15 bits per heavy atom. The Morgan fingerprint density at radius 2 is 1.82 bits per heavy atom. The summed E-state index contributed by atoms with van der Waals surface area (Å²) in [6.45, 7) is 9.66. The molecule has 1 aliphatic rings. The predicted molar refractivity (Wildman–Crippen MR) is 129 cm³/mol. The number of halogens is 3. The summed E-state index contributed by atoms with van der Waals surface area (Å²) in [6.07, 6.45) is 0.415. The number of urea groups is 1. The quantitative estimate of drug-likeness (QED) is 0.464. The Bertz CT molecular complexity index is 982. The molecule has 33 heavy (non-hydrogen) atoms. The van der Waals surface area contributed by atoms with Crippen molar-refractivity contribution in [2.24, 2.45) is 4.99 Å². The Kier molecular flexibility index (Phi) is 9.51. The van der Waals surface area contributed by atoms with Crippen LogP contribution < -0.4 is 10.6 Å². The Hall–Kier alpha value is -3.29. The lowest BCUT2D eigenvalue weighted by Crippen LogP contribution is -2.27. The number of alkyl halides is 3. The van der Waals surface area contributed by atoms with Gasteiger partial charge in [-0.2, -0.15) is 13.2 Å². The average Bonchev–Trinajstić information content (AvgIpc) is 3.18. The summed E-state index contributed by atoms with van der Waals surface area (Å²) in [5.74, 6) is 0. The van der Waals surface area contributed by atoms with E-state index in [1.807, 2.05) is 38.1 Å². The van der Waals surface area contributed by atoms with Crippen molar-refractivity contribution in [1.82, 2.24) is 10.2 Å². The van der Waals surface area contributed by atoms with Gasteiger partial charge in [0.05, 0.1) is 11.3 Å². The summed E-state index contributed by atoms with van der Waals surface area (Å²) in [4.78, 5) is 18.0. The van der Waals surface area contributed by atoms with Gasteiger partial charge in [-0.15, -0.1) is 0 Å². The Labute approximate surface area is 193 Å². The number of anilines is 2. The number of nitrogens with zero attached hydrogens (tertiary/aromatic N) is 2. The Morgan fingerprint density at radius 3 is 2.33 bits per heavy atom. The van der Waals surface area contributed by atoms with Crippen LogP contribution >= 0.6 is 0 Å². The molecule has 2 aromatic rings. The van der Waals surface area contributed by atoms with Gasteiger partial charge in [-0.25, -0.2) is 4.79 Å². The molecule has 1 aliphatic heterocycles. The summed E-state index contributed by atoms with van der Waals surface area (Å²) < 4.78 is 38.4. The maximum Gasteiger partial charge on any atom is 0.416 e. The molecule has 2 N–H and O–H groups in total. The van der Waals surface area contributed by atoms with E-state index in [1.165, 1.54) is 18.6 Å². The SMILES string of the molecule is CC=N/C(=C\C)c1cc(CN2CCNC2=O)ccc1Nc1ccc(C(F)(F)F)cc1.CCC. The van der Waals surface area contributed by atoms with Crippen LogP contribution in [0, 0.1) is 0 Å². The van der Waals surface area contributed by atoms with E-state index < -0.39 is 11.7 Å². The molecule has 8 heteroatoms. The van der Waals surface area contributed by atoms with Crippen LogP contribution in [0.25, 0.3) is 5.70 Å². The van der Waals surface area contributed by atoms with Crippen LogP contribution in [-0.2, 0) is 12.7 Å². The van der Waals surface area contributed by atoms with Gasteiger partial charge in [0.15, 0.2) is 0 Å². The molecule has 3 rings (SSSR count). The molecule has 0 saturated carbocycles. The molecule has 178 valence electrons. The van der Waals surface area contributed by atoms with Crippen LogP contribution in [0.15, 0.2) is 53.5 Å². The van der Waals surface area contributed by atoms with Crippen molar-refractivity contribution in [3.05, 3.63) is 65.2 Å². The molecule has 0 unspecified atom stereocenters. The summed E-state index contributed by atoms with van der Waals surface area (Å²) in [5, 5.41) is 5.96. The molecule has 0 bridgehead atoms. The van der Waals surface area contributed by atoms with E-state index in [2.05, 4.69) is 29.5 Å². The van der Waals surface area contributed by atoms with E-state index in [1.54, 1.807) is 11.1 Å². The largest absolute Gasteiger partial charge is 0.416 e. The first kappa shape index (κ1) is 26.0. The number of amides is 2. The zero-order valence-electron chi connectivity index (χ0n) is 19.5. The monoisotopic (exact) mass is 460 g/mol. The molecule has 5 nitrogen and oxygen atoms in total. The third kappa shape index (κ3) is 7.37. The van der Waals surface area contributed by atoms with Gasteiger partial charge in [-0.05, 0) is 55.8 Å². The number of nitrogens with one attached hydrogen (secondary N) is 2. The molecular formula is C25H31F3N4O. The summed E-state index contributed by atoms with van der Waals surface area (Å²) in [6, 6.07) is 10.5. The number of benzene rings is 2. The fraction of sp³-hybridized carbons (Fsp3) is 0.360. The second-order valence-corrected chi connectivity index (χ2v) is 7.50. The van der Waals surface area contributed by atoms with Crippen molar-refractivity contribution in [3.63, 3.8) is 0 Å². The standard InChI is InChI=1S/C22H23F3N4O.C3H8/c1-3-19(26-4-2)18-13-15(14-29-12-11-27-21(29)30)5-10-20(18)28-17-8-6-16(7-9-17)22(23,24)25;1-3-2/h3-10,13,28H,11-12,14H2,1-2H3,(H,27,30);3H2,1-2H3/b19-3-,26-4?;. The molecule has 0 atom stereocenters. The van der Waals surface area contributed by atoms with E-state index in [-0.39, 0.29) is 6.03 Å². The number of rotatable bonds is 6. The van der Waals surface area contributed by atoms with Gasteiger partial charge in [0.25, 0.3) is 0 Å². The molecular weight excluding hydrogens is 429 g/mol. The van der Waals surface area contributed by atoms with Crippen LogP contribution in [0.3, 0.4) is 0 Å². The smallest absolute Gasteiger partial charge is 0.355 e. The lowest BCUT2D eigenvalue weighted by atomic mass is 10.0. The third-order valence-corrected chi connectivity index (χ3v) is 4.71. The number of hydrogen-bond donors (Lipinski definition) is 2. The molecule has 1 heterocycles. The zero-order valence-corrected chi connectivity index (χ0v) is 19.5. The summed E-state index contributed by atoms with van der Waals surface area (Å²) in [7, 11) is 0. The number of carbonyl (C=O) groups is 1. The minimum atomic E-state index is -4.37. The molecule has 1 saturated heterocycles. The van der Waals surface area contributed by atoms with Crippen LogP contribution in [0.4, 0.5) is 29.3 Å². The van der Waals surface area contributed by atoms with Crippen molar-refractivity contribution >= 4 is 29.3 Å². The number of hydrogen-bond acceptors (Lipinski definition) is 3. The van der Waals surface area contributed by atoms with E-state index >= 15 is 0 Å². The van der Waals surface area contributed by atoms with E-state index in [9.17, 15) is 18.0 Å². The highest BCUT2D eigenvalue weighted by Gasteiger charge is 2.30. The van der Waals surface area contributed by atoms with Gasteiger partial charge in [-0.1, -0.05) is 32.4 Å². The highest BCUT2D eigenvalue weighted by Crippen LogP contribution is 2.32. The second-order valence-electron chi connectivity index (χ2n) is 7.50. The minimum Gasteiger partial charge on any atom is -0.355 e. The lowest BCUT2D eigenvalue weighted by molar-refractivity contribution is -0.137. The van der Waals surface area contributed by atoms with Crippen molar-refractivity contribution in [3.8, 4) is 0 Å². The van der Waals surface area contributed by atoms with Crippen molar-refractivity contribution < 1.29 is 18.0 Å². The summed E-state index contributed by atoms with van der Waals surface area (Å²) >= 11 is 0. The van der Waals surface area contributed by atoms with Crippen LogP contribution in [-0.4, -0.2) is 30.2 Å². The van der Waals surface area contributed by atoms with E-state index in [0.29, 0.717) is 31.0 Å². The van der Waals surface area contributed by atoms with E-state index in [4.69, 9.17) is 0 Å². The molecule has 2 aromatic carbocycles. The topological polar surface area (TPSA) is 56.7 Å². The molecule has 0 radical (unpaired) electrons. The third-order valence-electron chi connectivity index (χ3n) is 4.71. The predicted octanol–water partition coefficient (Wildman–Crippen LogP) is 6.84. The van der Waals surface area contributed by atoms with Crippen molar-refractivity contribution in [1.29, 1.82) is 0 Å². The van der Waals surface area contributed by atoms with Gasteiger partial charge in [-0.3, -0.25) is 4.99 Å². The average molecular weight is 461 g/mol. The first-order chi connectivity index (χ1) is 15.7. The Balaban J connectivity index is 0.00000122. The van der Waals surface area contributed by atoms with Crippen molar-refractivity contribution in [2.75, 3.05) is 18.4 Å². The highest BCUT2D eigenvalue weighted by molar-refractivity contribution is 5.82. The fourth-order valence-electron chi connectivity index (χ4n) is 3.23. The summed E-state index contributed by atoms with van der Waals surface area (Å²) in [5.41, 5.74) is 3.00. The molecule has 1 fully saturated rings. The van der Waals surface area contributed by atoms with Gasteiger partial charge >= 0.3 is 12.2 Å².